The summed E-state index contributed by atoms with van der Waals surface area (Å²) in [5.41, 5.74) is 3.73. The molecule has 0 N–H and O–H groups in total. The fourth-order valence-corrected chi connectivity index (χ4v) is 3.90. The molecule has 8 nitrogen and oxygen atoms in total. The van der Waals surface area contributed by atoms with Gasteiger partial charge in [-0.15, -0.1) is 0 Å². The fraction of sp³-hybridized carbons (Fsp3) is 0.476. The highest BCUT2D eigenvalue weighted by Crippen LogP contribution is 2.31. The standard InChI is InChI=1S/C21H27N5O3/c1-5-29-12-11-26-19(27)17-18(23(4)21(26)28)22-20-24(9-6-10-25(17)20)16-8-7-14(2)15(3)13-16/h7-8,13H,5-6,9-12H2,1-4H3. The molecule has 0 bridgehead atoms. The summed E-state index contributed by atoms with van der Waals surface area (Å²) in [7, 11) is 1.67. The average Bonchev–Trinajstić information content (AvgIpc) is 3.11. The molecular formula is C21H27N5O3. The number of fused-ring (bicyclic) bond motifs is 3. The molecule has 1 aliphatic heterocycles. The van der Waals surface area contributed by atoms with E-state index < -0.39 is 0 Å². The molecule has 0 radical (unpaired) electrons. The monoisotopic (exact) mass is 397 g/mol. The van der Waals surface area contributed by atoms with Crippen LogP contribution in [0.5, 0.6) is 0 Å². The molecule has 0 fully saturated rings. The second-order valence-electron chi connectivity index (χ2n) is 7.50. The second-order valence-corrected chi connectivity index (χ2v) is 7.50. The minimum atomic E-state index is -0.365. The predicted molar refractivity (Wildman–Crippen MR) is 113 cm³/mol. The van der Waals surface area contributed by atoms with Gasteiger partial charge in [0.2, 0.25) is 5.95 Å². The molecule has 1 aromatic carbocycles. The summed E-state index contributed by atoms with van der Waals surface area (Å²) in [4.78, 5) is 32.8. The highest BCUT2D eigenvalue weighted by Gasteiger charge is 2.27. The van der Waals surface area contributed by atoms with Gasteiger partial charge in [-0.2, -0.15) is 4.98 Å². The third-order valence-electron chi connectivity index (χ3n) is 5.68. The number of ether oxygens (including phenoxy) is 1. The molecule has 0 aliphatic carbocycles. The fourth-order valence-electron chi connectivity index (χ4n) is 3.90. The van der Waals surface area contributed by atoms with Crippen LogP contribution in [0.25, 0.3) is 11.2 Å². The maximum atomic E-state index is 13.2. The van der Waals surface area contributed by atoms with Gasteiger partial charge in [0.25, 0.3) is 5.56 Å². The third-order valence-corrected chi connectivity index (χ3v) is 5.68. The van der Waals surface area contributed by atoms with E-state index in [1.54, 1.807) is 7.05 Å². The van der Waals surface area contributed by atoms with E-state index in [2.05, 4.69) is 36.9 Å². The lowest BCUT2D eigenvalue weighted by atomic mass is 10.1. The molecule has 0 atom stereocenters. The van der Waals surface area contributed by atoms with Crippen molar-refractivity contribution < 1.29 is 4.74 Å². The Labute approximate surface area is 169 Å². The van der Waals surface area contributed by atoms with Crippen LogP contribution in [-0.4, -0.2) is 38.4 Å². The molecule has 3 aromatic rings. The highest BCUT2D eigenvalue weighted by molar-refractivity contribution is 5.77. The van der Waals surface area contributed by atoms with E-state index in [-0.39, 0.29) is 17.8 Å². The van der Waals surface area contributed by atoms with E-state index in [0.717, 1.165) is 18.7 Å². The maximum Gasteiger partial charge on any atom is 0.332 e. The smallest absolute Gasteiger partial charge is 0.332 e. The van der Waals surface area contributed by atoms with Gasteiger partial charge >= 0.3 is 5.69 Å². The molecular weight excluding hydrogens is 370 g/mol. The van der Waals surface area contributed by atoms with E-state index in [9.17, 15) is 9.59 Å². The van der Waals surface area contributed by atoms with Crippen molar-refractivity contribution in [1.29, 1.82) is 0 Å². The number of benzene rings is 1. The van der Waals surface area contributed by atoms with Gasteiger partial charge in [-0.3, -0.25) is 13.9 Å². The summed E-state index contributed by atoms with van der Waals surface area (Å²) >= 11 is 0. The predicted octanol–water partition coefficient (Wildman–Crippen LogP) is 2.09. The Morgan fingerprint density at radius 1 is 1.14 bits per heavy atom. The van der Waals surface area contributed by atoms with E-state index in [0.29, 0.717) is 36.9 Å². The van der Waals surface area contributed by atoms with E-state index in [1.807, 2.05) is 11.5 Å². The maximum absolute atomic E-state index is 13.2. The number of anilines is 2. The van der Waals surface area contributed by atoms with Crippen LogP contribution in [0.15, 0.2) is 27.8 Å². The summed E-state index contributed by atoms with van der Waals surface area (Å²) < 4.78 is 10.0. The van der Waals surface area contributed by atoms with Crippen molar-refractivity contribution in [3.63, 3.8) is 0 Å². The van der Waals surface area contributed by atoms with E-state index in [4.69, 9.17) is 9.72 Å². The normalized spacial score (nSPS) is 13.9. The van der Waals surface area contributed by atoms with Gasteiger partial charge in [-0.05, 0) is 50.5 Å². The lowest BCUT2D eigenvalue weighted by Crippen LogP contribution is -2.40. The summed E-state index contributed by atoms with van der Waals surface area (Å²) in [5.74, 6) is 0.712. The summed E-state index contributed by atoms with van der Waals surface area (Å²) in [6.45, 7) is 8.69. The lowest BCUT2D eigenvalue weighted by Gasteiger charge is -2.29. The van der Waals surface area contributed by atoms with Crippen LogP contribution < -0.4 is 16.1 Å². The van der Waals surface area contributed by atoms with Gasteiger partial charge in [0.15, 0.2) is 11.2 Å². The number of imidazole rings is 1. The first-order valence-electron chi connectivity index (χ1n) is 10.1. The highest BCUT2D eigenvalue weighted by atomic mass is 16.5. The number of aryl methyl sites for hydroxylation is 4. The largest absolute Gasteiger partial charge is 0.380 e. The summed E-state index contributed by atoms with van der Waals surface area (Å²) in [6, 6.07) is 6.32. The van der Waals surface area contributed by atoms with Crippen molar-refractivity contribution in [2.45, 2.75) is 40.3 Å². The molecule has 8 heteroatoms. The molecule has 154 valence electrons. The Hall–Kier alpha value is -2.87. The molecule has 4 rings (SSSR count). The number of nitrogens with zero attached hydrogens (tertiary/aromatic N) is 5. The van der Waals surface area contributed by atoms with Gasteiger partial charge in [-0.25, -0.2) is 4.79 Å². The molecule has 29 heavy (non-hydrogen) atoms. The van der Waals surface area contributed by atoms with E-state index >= 15 is 0 Å². The van der Waals surface area contributed by atoms with Crippen molar-refractivity contribution >= 4 is 22.8 Å². The summed E-state index contributed by atoms with van der Waals surface area (Å²) in [6.07, 6.45) is 0.895. The number of hydrogen-bond acceptors (Lipinski definition) is 5. The first kappa shape index (κ1) is 19.4. The molecule has 0 saturated heterocycles. The number of hydrogen-bond donors (Lipinski definition) is 0. The molecule has 0 saturated carbocycles. The Kier molecular flexibility index (Phi) is 5.04. The van der Waals surface area contributed by atoms with Crippen LogP contribution in [0, 0.1) is 13.8 Å². The van der Waals surface area contributed by atoms with Crippen molar-refractivity contribution in [2.24, 2.45) is 7.05 Å². The number of aromatic nitrogens is 4. The van der Waals surface area contributed by atoms with Gasteiger partial charge in [0.05, 0.1) is 13.2 Å². The lowest BCUT2D eigenvalue weighted by molar-refractivity contribution is 0.137. The van der Waals surface area contributed by atoms with Gasteiger partial charge in [0, 0.05) is 32.4 Å². The minimum absolute atomic E-state index is 0.233. The van der Waals surface area contributed by atoms with E-state index in [1.165, 1.54) is 20.3 Å². The molecule has 1 aliphatic rings. The SMILES string of the molecule is CCOCCn1c(=O)c2c(nc3n2CCCN3c2ccc(C)c(C)c2)n(C)c1=O. The molecule has 0 spiro atoms. The Balaban J connectivity index is 1.89. The Bertz CT molecular complexity index is 1190. The van der Waals surface area contributed by atoms with Crippen LogP contribution in [0.3, 0.4) is 0 Å². The quantitative estimate of drug-likeness (QED) is 0.617. The first-order valence-corrected chi connectivity index (χ1v) is 10.1. The van der Waals surface area contributed by atoms with Crippen LogP contribution in [-0.2, 0) is 24.9 Å². The zero-order chi connectivity index (χ0) is 20.7. The van der Waals surface area contributed by atoms with Gasteiger partial charge < -0.3 is 14.2 Å². The zero-order valence-electron chi connectivity index (χ0n) is 17.4. The van der Waals surface area contributed by atoms with Crippen LogP contribution in [0.4, 0.5) is 11.6 Å². The van der Waals surface area contributed by atoms with Crippen molar-refractivity contribution in [3.05, 3.63) is 50.2 Å². The first-order chi connectivity index (χ1) is 13.9. The second kappa shape index (κ2) is 7.51. The molecule has 3 heterocycles. The number of rotatable bonds is 5. The van der Waals surface area contributed by atoms with Crippen LogP contribution >= 0.6 is 0 Å². The third kappa shape index (κ3) is 3.17. The van der Waals surface area contributed by atoms with Crippen molar-refractivity contribution in [2.75, 3.05) is 24.7 Å². The van der Waals surface area contributed by atoms with Gasteiger partial charge in [0.1, 0.15) is 0 Å². The topological polar surface area (TPSA) is 74.3 Å². The van der Waals surface area contributed by atoms with Crippen LogP contribution in [0.1, 0.15) is 24.5 Å². The Morgan fingerprint density at radius 2 is 1.93 bits per heavy atom. The van der Waals surface area contributed by atoms with Crippen molar-refractivity contribution in [3.8, 4) is 0 Å². The molecule has 0 unspecified atom stereocenters. The molecule has 0 amide bonds. The Morgan fingerprint density at radius 3 is 2.66 bits per heavy atom. The average molecular weight is 397 g/mol. The zero-order valence-corrected chi connectivity index (χ0v) is 17.4. The minimum Gasteiger partial charge on any atom is -0.380 e. The molecule has 2 aromatic heterocycles. The van der Waals surface area contributed by atoms with Gasteiger partial charge in [-0.1, -0.05) is 6.07 Å². The van der Waals surface area contributed by atoms with Crippen molar-refractivity contribution in [1.82, 2.24) is 18.7 Å². The summed E-state index contributed by atoms with van der Waals surface area (Å²) in [5, 5.41) is 0. The van der Waals surface area contributed by atoms with Crippen LogP contribution in [0.2, 0.25) is 0 Å².